The molecule has 2 aromatic carbocycles. The van der Waals surface area contributed by atoms with Crippen molar-refractivity contribution in [3.8, 4) is 0 Å². The first-order chi connectivity index (χ1) is 15.5. The molecule has 166 valence electrons. The molecule has 0 radical (unpaired) electrons. The van der Waals surface area contributed by atoms with Crippen LogP contribution in [0.15, 0.2) is 86.6 Å². The number of sulfonamides is 1. The van der Waals surface area contributed by atoms with Gasteiger partial charge in [0.1, 0.15) is 4.90 Å². The highest BCUT2D eigenvalue weighted by atomic mass is 32.2. The quantitative estimate of drug-likeness (QED) is 0.437. The van der Waals surface area contributed by atoms with E-state index in [1.807, 2.05) is 48.5 Å². The maximum absolute atomic E-state index is 13.3. The molecule has 0 saturated heterocycles. The number of benzene rings is 2. The predicted octanol–water partition coefficient (Wildman–Crippen LogP) is 5.03. The molecule has 0 bridgehead atoms. The van der Waals surface area contributed by atoms with Crippen molar-refractivity contribution in [2.75, 3.05) is 23.7 Å². The van der Waals surface area contributed by atoms with E-state index in [9.17, 15) is 13.2 Å². The second kappa shape index (κ2) is 9.66. The summed E-state index contributed by atoms with van der Waals surface area (Å²) < 4.78 is 26.6. The van der Waals surface area contributed by atoms with Gasteiger partial charge in [-0.3, -0.25) is 9.69 Å². The Hall–Kier alpha value is -2.33. The largest absolute Gasteiger partial charge is 0.278 e. The lowest BCUT2D eigenvalue weighted by molar-refractivity contribution is -0.115. The van der Waals surface area contributed by atoms with Crippen LogP contribution in [-0.2, 0) is 14.8 Å². The maximum Gasteiger partial charge on any atom is 0.244 e. The fourth-order valence-electron chi connectivity index (χ4n) is 3.49. The van der Waals surface area contributed by atoms with Gasteiger partial charge in [-0.1, -0.05) is 61.6 Å². The molecule has 0 saturated carbocycles. The number of rotatable bonds is 7. The van der Waals surface area contributed by atoms with Gasteiger partial charge in [0.15, 0.2) is 0 Å². The molecule has 0 unspecified atom stereocenters. The van der Waals surface area contributed by atoms with Gasteiger partial charge in [0.2, 0.25) is 15.9 Å². The molecule has 4 rings (SSSR count). The minimum Gasteiger partial charge on any atom is -0.278 e. The number of nitrogens with zero attached hydrogens (tertiary/aromatic N) is 3. The molecule has 0 fully saturated rings. The van der Waals surface area contributed by atoms with Crippen molar-refractivity contribution in [2.24, 2.45) is 0 Å². The summed E-state index contributed by atoms with van der Waals surface area (Å²) in [5, 5.41) is 0.602. The van der Waals surface area contributed by atoms with Gasteiger partial charge in [0.25, 0.3) is 0 Å². The first kappa shape index (κ1) is 22.8. The average Bonchev–Trinajstić information content (AvgIpc) is 2.81. The van der Waals surface area contributed by atoms with E-state index in [1.165, 1.54) is 22.3 Å². The number of pyridine rings is 1. The SMILES string of the molecule is CCN(CC)S(=O)(=O)c1ccc(SCC(=O)N2c3ccccc3Sc3ccccc32)nc1. The van der Waals surface area contributed by atoms with Crippen molar-refractivity contribution in [3.05, 3.63) is 66.9 Å². The topological polar surface area (TPSA) is 70.6 Å². The van der Waals surface area contributed by atoms with Gasteiger partial charge in [-0.25, -0.2) is 13.4 Å². The average molecular weight is 486 g/mol. The first-order valence-corrected chi connectivity index (χ1v) is 13.5. The highest BCUT2D eigenvalue weighted by molar-refractivity contribution is 8.00. The standard InChI is InChI=1S/C23H23N3O3S3/c1-3-25(4-2)32(28,29)17-13-14-22(24-15-17)30-16-23(27)26-18-9-5-7-11-20(18)31-21-12-8-6-10-19(21)26/h5-15H,3-4,16H2,1-2H3. The van der Waals surface area contributed by atoms with E-state index in [-0.39, 0.29) is 16.6 Å². The Morgan fingerprint density at radius 2 is 1.56 bits per heavy atom. The number of amides is 1. The Bertz CT molecular complexity index is 1180. The summed E-state index contributed by atoms with van der Waals surface area (Å²) in [4.78, 5) is 21.5. The van der Waals surface area contributed by atoms with Gasteiger partial charge in [-0.05, 0) is 36.4 Å². The number of para-hydroxylation sites is 2. The highest BCUT2D eigenvalue weighted by Gasteiger charge is 2.28. The fraction of sp³-hybridized carbons (Fsp3) is 0.217. The van der Waals surface area contributed by atoms with E-state index in [0.29, 0.717) is 18.1 Å². The second-order valence-electron chi connectivity index (χ2n) is 6.98. The van der Waals surface area contributed by atoms with E-state index in [0.717, 1.165) is 21.2 Å². The van der Waals surface area contributed by atoms with Gasteiger partial charge < -0.3 is 0 Å². The normalized spacial score (nSPS) is 13.0. The van der Waals surface area contributed by atoms with Crippen molar-refractivity contribution in [2.45, 2.75) is 33.6 Å². The molecular weight excluding hydrogens is 462 g/mol. The molecule has 6 nitrogen and oxygen atoms in total. The van der Waals surface area contributed by atoms with Crippen LogP contribution in [0.1, 0.15) is 13.8 Å². The van der Waals surface area contributed by atoms with Crippen LogP contribution in [0.4, 0.5) is 11.4 Å². The van der Waals surface area contributed by atoms with Crippen molar-refractivity contribution in [1.82, 2.24) is 9.29 Å². The lowest BCUT2D eigenvalue weighted by atomic mass is 10.2. The lowest BCUT2D eigenvalue weighted by Gasteiger charge is -2.30. The molecule has 9 heteroatoms. The zero-order valence-electron chi connectivity index (χ0n) is 17.8. The molecule has 3 aromatic rings. The molecule has 0 spiro atoms. The number of aromatic nitrogens is 1. The minimum absolute atomic E-state index is 0.0585. The molecular formula is C23H23N3O3S3. The van der Waals surface area contributed by atoms with Crippen molar-refractivity contribution in [3.63, 3.8) is 0 Å². The Morgan fingerprint density at radius 1 is 0.969 bits per heavy atom. The zero-order chi connectivity index (χ0) is 22.7. The van der Waals surface area contributed by atoms with Gasteiger partial charge >= 0.3 is 0 Å². The second-order valence-corrected chi connectivity index (χ2v) is 11.0. The van der Waals surface area contributed by atoms with Gasteiger partial charge in [-0.2, -0.15) is 4.31 Å². The maximum atomic E-state index is 13.3. The lowest BCUT2D eigenvalue weighted by Crippen LogP contribution is -2.30. The third kappa shape index (κ3) is 4.43. The molecule has 1 aromatic heterocycles. The van der Waals surface area contributed by atoms with E-state index >= 15 is 0 Å². The summed E-state index contributed by atoms with van der Waals surface area (Å²) in [5.74, 6) is 0.125. The summed E-state index contributed by atoms with van der Waals surface area (Å²) in [6.45, 7) is 4.42. The summed E-state index contributed by atoms with van der Waals surface area (Å²) in [7, 11) is -3.55. The highest BCUT2D eigenvalue weighted by Crippen LogP contribution is 2.48. The van der Waals surface area contributed by atoms with Crippen LogP contribution >= 0.6 is 23.5 Å². The van der Waals surface area contributed by atoms with Crippen LogP contribution in [0.25, 0.3) is 0 Å². The van der Waals surface area contributed by atoms with Crippen molar-refractivity contribution >= 4 is 50.8 Å². The first-order valence-electron chi connectivity index (χ1n) is 10.2. The number of thioether (sulfide) groups is 1. The third-order valence-electron chi connectivity index (χ3n) is 5.08. The minimum atomic E-state index is -3.55. The van der Waals surface area contributed by atoms with Crippen LogP contribution in [0.5, 0.6) is 0 Å². The molecule has 1 aliphatic rings. The number of fused-ring (bicyclic) bond motifs is 2. The van der Waals surface area contributed by atoms with E-state index in [4.69, 9.17) is 0 Å². The summed E-state index contributed by atoms with van der Waals surface area (Å²) in [6.07, 6.45) is 1.36. The number of anilines is 2. The molecule has 1 amide bonds. The Labute approximate surface area is 197 Å². The number of carbonyl (C=O) groups is 1. The van der Waals surface area contributed by atoms with Gasteiger partial charge in [0, 0.05) is 29.1 Å². The molecule has 32 heavy (non-hydrogen) atoms. The molecule has 1 aliphatic heterocycles. The number of hydrogen-bond acceptors (Lipinski definition) is 6. The molecule has 0 aliphatic carbocycles. The smallest absolute Gasteiger partial charge is 0.244 e. The van der Waals surface area contributed by atoms with Crippen LogP contribution in [0.3, 0.4) is 0 Å². The molecule has 0 atom stereocenters. The molecule has 0 N–H and O–H groups in total. The Balaban J connectivity index is 1.52. The predicted molar refractivity (Wildman–Crippen MR) is 129 cm³/mol. The van der Waals surface area contributed by atoms with Crippen LogP contribution in [0.2, 0.25) is 0 Å². The third-order valence-corrected chi connectivity index (χ3v) is 9.17. The van der Waals surface area contributed by atoms with Crippen LogP contribution in [-0.4, -0.2) is 42.5 Å². The molecule has 2 heterocycles. The van der Waals surface area contributed by atoms with E-state index < -0.39 is 10.0 Å². The zero-order valence-corrected chi connectivity index (χ0v) is 20.2. The van der Waals surface area contributed by atoms with E-state index in [2.05, 4.69) is 4.98 Å². The van der Waals surface area contributed by atoms with Crippen LogP contribution < -0.4 is 4.90 Å². The monoisotopic (exact) mass is 485 g/mol. The van der Waals surface area contributed by atoms with Gasteiger partial charge in [0.05, 0.1) is 22.2 Å². The van der Waals surface area contributed by atoms with Crippen molar-refractivity contribution in [1.29, 1.82) is 0 Å². The van der Waals surface area contributed by atoms with Crippen LogP contribution in [0, 0.1) is 0 Å². The Morgan fingerprint density at radius 3 is 2.09 bits per heavy atom. The van der Waals surface area contributed by atoms with Gasteiger partial charge in [-0.15, -0.1) is 0 Å². The summed E-state index contributed by atoms with van der Waals surface area (Å²) in [6, 6.07) is 18.9. The number of hydrogen-bond donors (Lipinski definition) is 0. The summed E-state index contributed by atoms with van der Waals surface area (Å²) in [5.41, 5.74) is 1.74. The van der Waals surface area contributed by atoms with E-state index in [1.54, 1.807) is 42.6 Å². The Kier molecular flexibility index (Phi) is 6.90. The number of carbonyl (C=O) groups excluding carboxylic acids is 1. The fourth-order valence-corrected chi connectivity index (χ4v) is 6.64. The summed E-state index contributed by atoms with van der Waals surface area (Å²) >= 11 is 2.95. The van der Waals surface area contributed by atoms with Crippen molar-refractivity contribution < 1.29 is 13.2 Å².